The third-order valence-electron chi connectivity index (χ3n) is 2.02. The highest BCUT2D eigenvalue weighted by atomic mass is 32.1. The van der Waals surface area contributed by atoms with Crippen molar-refractivity contribution in [1.29, 1.82) is 0 Å². The Morgan fingerprint density at radius 3 is 2.87 bits per heavy atom. The lowest BCUT2D eigenvalue weighted by atomic mass is 10.2. The van der Waals surface area contributed by atoms with Crippen molar-refractivity contribution in [1.82, 2.24) is 9.97 Å². The Kier molecular flexibility index (Phi) is 3.25. The second kappa shape index (κ2) is 4.65. The van der Waals surface area contributed by atoms with Crippen LogP contribution in [0.4, 0.5) is 0 Å². The fourth-order valence-electron chi connectivity index (χ4n) is 1.27. The molecule has 15 heavy (non-hydrogen) atoms. The monoisotopic (exact) mass is 238 g/mol. The largest absolute Gasteiger partial charge is 0.396 e. The molecule has 0 aliphatic rings. The molecule has 3 nitrogen and oxygen atoms in total. The second-order valence-electron chi connectivity index (χ2n) is 3.09. The van der Waals surface area contributed by atoms with E-state index in [2.05, 4.69) is 9.97 Å². The van der Waals surface area contributed by atoms with Crippen LogP contribution in [0.5, 0.6) is 0 Å². The minimum atomic E-state index is 0.155. The summed E-state index contributed by atoms with van der Waals surface area (Å²) in [5.74, 6) is 0. The van der Waals surface area contributed by atoms with Crippen molar-refractivity contribution < 1.29 is 5.11 Å². The van der Waals surface area contributed by atoms with Crippen molar-refractivity contribution in [3.05, 3.63) is 33.2 Å². The summed E-state index contributed by atoms with van der Waals surface area (Å²) in [5.41, 5.74) is 2.86. The molecule has 0 aromatic carbocycles. The number of aromatic amines is 1. The van der Waals surface area contributed by atoms with Gasteiger partial charge in [-0.3, -0.25) is 4.98 Å². The highest BCUT2D eigenvalue weighted by molar-refractivity contribution is 7.73. The van der Waals surface area contributed by atoms with Gasteiger partial charge in [0.2, 0.25) is 0 Å². The maximum atomic E-state index is 8.76. The highest BCUT2D eigenvalue weighted by Gasteiger charge is 2.00. The number of hydrogen-bond donors (Lipinski definition) is 2. The first kappa shape index (κ1) is 10.5. The van der Waals surface area contributed by atoms with Gasteiger partial charge in [0.25, 0.3) is 0 Å². The van der Waals surface area contributed by atoms with E-state index in [1.54, 1.807) is 6.20 Å². The van der Waals surface area contributed by atoms with Gasteiger partial charge in [0, 0.05) is 18.2 Å². The summed E-state index contributed by atoms with van der Waals surface area (Å²) in [4.78, 5) is 7.36. The molecule has 2 heterocycles. The van der Waals surface area contributed by atoms with E-state index in [1.807, 2.05) is 17.5 Å². The third kappa shape index (κ3) is 2.50. The summed E-state index contributed by atoms with van der Waals surface area (Å²) >= 11 is 6.50. The number of aliphatic hydroxyl groups excluding tert-OH is 1. The Morgan fingerprint density at radius 2 is 2.33 bits per heavy atom. The molecule has 0 spiro atoms. The maximum absolute atomic E-state index is 8.76. The van der Waals surface area contributed by atoms with Crippen molar-refractivity contribution in [3.8, 4) is 11.4 Å². The van der Waals surface area contributed by atoms with E-state index in [4.69, 9.17) is 17.3 Å². The topological polar surface area (TPSA) is 48.9 Å². The number of aromatic nitrogens is 2. The number of nitrogens with one attached hydrogen (secondary N) is 1. The number of pyridine rings is 1. The first-order valence-electron chi connectivity index (χ1n) is 4.53. The molecule has 2 rings (SSSR count). The number of nitrogens with zero attached hydrogens (tertiary/aromatic N) is 1. The van der Waals surface area contributed by atoms with Gasteiger partial charge in [-0.15, -0.1) is 11.3 Å². The van der Waals surface area contributed by atoms with Crippen LogP contribution in [0.1, 0.15) is 5.56 Å². The fourth-order valence-corrected chi connectivity index (χ4v) is 2.09. The molecule has 0 unspecified atom stereocenters. The summed E-state index contributed by atoms with van der Waals surface area (Å²) < 4.78 is 0.756. The summed E-state index contributed by atoms with van der Waals surface area (Å²) in [6.07, 6.45) is 2.42. The molecule has 78 valence electrons. The van der Waals surface area contributed by atoms with Gasteiger partial charge < -0.3 is 10.1 Å². The lowest BCUT2D eigenvalue weighted by molar-refractivity contribution is 0.299. The molecule has 0 bridgehead atoms. The van der Waals surface area contributed by atoms with E-state index in [-0.39, 0.29) is 6.61 Å². The van der Waals surface area contributed by atoms with Gasteiger partial charge in [0.15, 0.2) is 3.95 Å². The van der Waals surface area contributed by atoms with E-state index in [1.165, 1.54) is 11.3 Å². The van der Waals surface area contributed by atoms with E-state index >= 15 is 0 Å². The molecule has 0 saturated heterocycles. The van der Waals surface area contributed by atoms with Crippen molar-refractivity contribution in [2.45, 2.75) is 6.42 Å². The predicted molar refractivity (Wildman–Crippen MR) is 63.5 cm³/mol. The van der Waals surface area contributed by atoms with Gasteiger partial charge in [-0.05, 0) is 30.3 Å². The van der Waals surface area contributed by atoms with Crippen LogP contribution in [-0.2, 0) is 6.42 Å². The van der Waals surface area contributed by atoms with E-state index < -0.39 is 0 Å². The van der Waals surface area contributed by atoms with E-state index in [9.17, 15) is 0 Å². The molecule has 0 atom stereocenters. The van der Waals surface area contributed by atoms with Crippen LogP contribution in [0.15, 0.2) is 23.7 Å². The van der Waals surface area contributed by atoms with Crippen molar-refractivity contribution in [2.24, 2.45) is 0 Å². The van der Waals surface area contributed by atoms with Crippen molar-refractivity contribution in [3.63, 3.8) is 0 Å². The van der Waals surface area contributed by atoms with Crippen molar-refractivity contribution in [2.75, 3.05) is 6.61 Å². The Morgan fingerprint density at radius 1 is 1.47 bits per heavy atom. The van der Waals surface area contributed by atoms with Crippen LogP contribution in [-0.4, -0.2) is 21.7 Å². The maximum Gasteiger partial charge on any atom is 0.158 e. The molecule has 0 saturated carbocycles. The van der Waals surface area contributed by atoms with Crippen molar-refractivity contribution >= 4 is 23.6 Å². The molecule has 2 aromatic heterocycles. The van der Waals surface area contributed by atoms with Gasteiger partial charge in [0.1, 0.15) is 0 Å². The lowest BCUT2D eigenvalue weighted by Gasteiger charge is -1.99. The van der Waals surface area contributed by atoms with Gasteiger partial charge in [-0.1, -0.05) is 6.07 Å². The molecular weight excluding hydrogens is 228 g/mol. The molecular formula is C10H10N2OS2. The minimum Gasteiger partial charge on any atom is -0.396 e. The van der Waals surface area contributed by atoms with Crippen LogP contribution in [0.25, 0.3) is 11.4 Å². The van der Waals surface area contributed by atoms with Gasteiger partial charge in [-0.2, -0.15) is 0 Å². The second-order valence-corrected chi connectivity index (χ2v) is 4.63. The van der Waals surface area contributed by atoms with Crippen LogP contribution >= 0.6 is 23.6 Å². The first-order valence-corrected chi connectivity index (χ1v) is 5.82. The molecule has 2 N–H and O–H groups in total. The third-order valence-corrected chi connectivity index (χ3v) is 3.08. The SMILES string of the molecule is OCCc1ccc(-c2csc(=S)[nH]2)nc1. The quantitative estimate of drug-likeness (QED) is 0.807. The van der Waals surface area contributed by atoms with Gasteiger partial charge >= 0.3 is 0 Å². The van der Waals surface area contributed by atoms with E-state index in [0.717, 1.165) is 20.9 Å². The first-order chi connectivity index (χ1) is 7.29. The fraction of sp³-hybridized carbons (Fsp3) is 0.200. The normalized spacial score (nSPS) is 10.5. The zero-order chi connectivity index (χ0) is 10.7. The van der Waals surface area contributed by atoms with Crippen LogP contribution in [0.3, 0.4) is 0 Å². The predicted octanol–water partition coefficient (Wildman–Crippen LogP) is 2.40. The number of hydrogen-bond acceptors (Lipinski definition) is 4. The Bertz CT molecular complexity index is 487. The molecule has 0 aliphatic heterocycles. The smallest absolute Gasteiger partial charge is 0.158 e. The van der Waals surface area contributed by atoms with Crippen LogP contribution < -0.4 is 0 Å². The van der Waals surface area contributed by atoms with Crippen LogP contribution in [0, 0.1) is 3.95 Å². The zero-order valence-electron chi connectivity index (χ0n) is 7.93. The number of H-pyrrole nitrogens is 1. The highest BCUT2D eigenvalue weighted by Crippen LogP contribution is 2.17. The van der Waals surface area contributed by atoms with Crippen LogP contribution in [0.2, 0.25) is 0 Å². The lowest BCUT2D eigenvalue weighted by Crippen LogP contribution is -1.92. The summed E-state index contributed by atoms with van der Waals surface area (Å²) in [5, 5.41) is 10.7. The Balaban J connectivity index is 2.27. The summed E-state index contributed by atoms with van der Waals surface area (Å²) in [7, 11) is 0. The Hall–Kier alpha value is -1.04. The summed E-state index contributed by atoms with van der Waals surface area (Å²) in [6.45, 7) is 0.155. The number of thiazole rings is 1. The average Bonchev–Trinajstić information content (AvgIpc) is 2.67. The summed E-state index contributed by atoms with van der Waals surface area (Å²) in [6, 6.07) is 3.89. The van der Waals surface area contributed by atoms with E-state index in [0.29, 0.717) is 6.42 Å². The molecule has 0 radical (unpaired) electrons. The van der Waals surface area contributed by atoms with Gasteiger partial charge in [0.05, 0.1) is 11.4 Å². The molecule has 0 aliphatic carbocycles. The standard InChI is InChI=1S/C10H10N2OS2/c13-4-3-7-1-2-8(11-5-7)9-6-15-10(14)12-9/h1-2,5-6,13H,3-4H2,(H,12,14). The molecule has 5 heteroatoms. The average molecular weight is 238 g/mol. The number of aliphatic hydroxyl groups is 1. The number of rotatable bonds is 3. The zero-order valence-corrected chi connectivity index (χ0v) is 9.57. The molecule has 2 aromatic rings. The molecule has 0 amide bonds. The van der Waals surface area contributed by atoms with Gasteiger partial charge in [-0.25, -0.2) is 0 Å². The molecule has 0 fully saturated rings. The Labute approximate surface area is 96.5 Å². The minimum absolute atomic E-state index is 0.155.